The lowest BCUT2D eigenvalue weighted by Gasteiger charge is -2.28. The first-order chi connectivity index (χ1) is 19.4. The number of carbonyl (C=O) groups excluding carboxylic acids is 3. The van der Waals surface area contributed by atoms with Crippen LogP contribution in [0.4, 0.5) is 10.5 Å². The summed E-state index contributed by atoms with van der Waals surface area (Å²) < 4.78 is 5.85. The Kier molecular flexibility index (Phi) is 7.92. The van der Waals surface area contributed by atoms with Crippen LogP contribution in [-0.2, 0) is 22.6 Å². The van der Waals surface area contributed by atoms with Gasteiger partial charge in [0.2, 0.25) is 5.91 Å². The van der Waals surface area contributed by atoms with Gasteiger partial charge in [-0.1, -0.05) is 90.5 Å². The molecule has 1 N–H and O–H groups in total. The van der Waals surface area contributed by atoms with E-state index in [1.165, 1.54) is 4.90 Å². The van der Waals surface area contributed by atoms with E-state index in [-0.39, 0.29) is 18.4 Å². The van der Waals surface area contributed by atoms with Gasteiger partial charge in [-0.2, -0.15) is 0 Å². The van der Waals surface area contributed by atoms with Crippen LogP contribution in [0.15, 0.2) is 109 Å². The SMILES string of the molecule is Cc1cccc(C(=O)Nc2cccc([C@H]3OC(=O)N(Cc4ccccc4)[C@H]3C(=O)N(C)Cc3ccccc3)c2)c1. The van der Waals surface area contributed by atoms with E-state index in [0.717, 1.165) is 16.7 Å². The molecule has 0 saturated carbocycles. The van der Waals surface area contributed by atoms with Crippen molar-refractivity contribution in [3.05, 3.63) is 137 Å². The summed E-state index contributed by atoms with van der Waals surface area (Å²) in [7, 11) is 1.73. The van der Waals surface area contributed by atoms with Crippen molar-refractivity contribution in [3.8, 4) is 0 Å². The van der Waals surface area contributed by atoms with Gasteiger partial charge < -0.3 is 15.0 Å². The molecule has 0 bridgehead atoms. The van der Waals surface area contributed by atoms with Gasteiger partial charge in [0.1, 0.15) is 0 Å². The smallest absolute Gasteiger partial charge is 0.411 e. The molecule has 2 atom stereocenters. The molecule has 1 saturated heterocycles. The number of likely N-dealkylation sites (N-methyl/N-ethyl adjacent to an activating group) is 1. The summed E-state index contributed by atoms with van der Waals surface area (Å²) in [6.07, 6.45) is -1.41. The Morgan fingerprint density at radius 1 is 0.850 bits per heavy atom. The van der Waals surface area contributed by atoms with Crippen LogP contribution in [0.1, 0.15) is 38.7 Å². The lowest BCUT2D eigenvalue weighted by Crippen LogP contribution is -2.46. The highest BCUT2D eigenvalue weighted by Gasteiger charge is 2.48. The van der Waals surface area contributed by atoms with E-state index in [0.29, 0.717) is 23.4 Å². The highest BCUT2D eigenvalue weighted by molar-refractivity contribution is 6.04. The van der Waals surface area contributed by atoms with Crippen molar-refractivity contribution in [2.24, 2.45) is 0 Å². The Morgan fingerprint density at radius 2 is 1.52 bits per heavy atom. The summed E-state index contributed by atoms with van der Waals surface area (Å²) in [5.74, 6) is -0.477. The Hall–Kier alpha value is -4.91. The summed E-state index contributed by atoms with van der Waals surface area (Å²) in [5, 5.41) is 2.92. The Bertz CT molecular complexity index is 1510. The fourth-order valence-electron chi connectivity index (χ4n) is 4.92. The van der Waals surface area contributed by atoms with Crippen LogP contribution >= 0.6 is 0 Å². The van der Waals surface area contributed by atoms with Crippen molar-refractivity contribution < 1.29 is 19.1 Å². The first-order valence-corrected chi connectivity index (χ1v) is 13.2. The number of hydrogen-bond donors (Lipinski definition) is 1. The van der Waals surface area contributed by atoms with Crippen molar-refractivity contribution in [2.45, 2.75) is 32.2 Å². The second-order valence-corrected chi connectivity index (χ2v) is 9.99. The minimum atomic E-state index is -0.885. The van der Waals surface area contributed by atoms with E-state index in [1.807, 2.05) is 91.9 Å². The standard InChI is InChI=1S/C33H31N3O4/c1-23-11-9-17-27(19-23)31(37)34-28-18-10-16-26(20-28)30-29(32(38)35(2)21-24-12-5-3-6-13-24)36(33(39)40-30)22-25-14-7-4-8-15-25/h3-20,29-30H,21-22H2,1-2H3,(H,34,37)/t29-,30-/m1/s1. The van der Waals surface area contributed by atoms with Crippen molar-refractivity contribution >= 4 is 23.6 Å². The van der Waals surface area contributed by atoms with E-state index in [1.54, 1.807) is 36.2 Å². The zero-order valence-electron chi connectivity index (χ0n) is 22.5. The molecule has 0 radical (unpaired) electrons. The average molecular weight is 534 g/mol. The number of cyclic esters (lactones) is 1. The first-order valence-electron chi connectivity index (χ1n) is 13.2. The number of carbonyl (C=O) groups is 3. The van der Waals surface area contributed by atoms with Gasteiger partial charge in [0.25, 0.3) is 5.91 Å². The number of ether oxygens (including phenoxy) is 1. The van der Waals surface area contributed by atoms with E-state index >= 15 is 0 Å². The highest BCUT2D eigenvalue weighted by atomic mass is 16.6. The molecule has 1 fully saturated rings. The Balaban J connectivity index is 1.43. The Labute approximate surface area is 234 Å². The normalized spacial score (nSPS) is 16.4. The van der Waals surface area contributed by atoms with Crippen molar-refractivity contribution in [1.29, 1.82) is 0 Å². The number of aryl methyl sites for hydroxylation is 1. The van der Waals surface area contributed by atoms with E-state index in [4.69, 9.17) is 4.74 Å². The summed E-state index contributed by atoms with van der Waals surface area (Å²) >= 11 is 0. The molecule has 4 aromatic carbocycles. The third-order valence-electron chi connectivity index (χ3n) is 6.93. The molecule has 0 aliphatic carbocycles. The maximum absolute atomic E-state index is 13.9. The maximum Gasteiger partial charge on any atom is 0.411 e. The highest BCUT2D eigenvalue weighted by Crippen LogP contribution is 2.36. The molecule has 4 aromatic rings. The third kappa shape index (κ3) is 6.04. The van der Waals surface area contributed by atoms with Crippen LogP contribution in [0.2, 0.25) is 0 Å². The maximum atomic E-state index is 13.9. The third-order valence-corrected chi connectivity index (χ3v) is 6.93. The fraction of sp³-hybridized carbons (Fsp3) is 0.182. The van der Waals surface area contributed by atoms with Crippen LogP contribution < -0.4 is 5.32 Å². The molecule has 40 heavy (non-hydrogen) atoms. The number of nitrogens with one attached hydrogen (secondary N) is 1. The topological polar surface area (TPSA) is 79.0 Å². The van der Waals surface area contributed by atoms with Crippen molar-refractivity contribution in [2.75, 3.05) is 12.4 Å². The monoisotopic (exact) mass is 533 g/mol. The quantitative estimate of drug-likeness (QED) is 0.303. The van der Waals surface area contributed by atoms with Gasteiger partial charge in [0, 0.05) is 24.8 Å². The van der Waals surface area contributed by atoms with Crippen LogP contribution in [0.25, 0.3) is 0 Å². The van der Waals surface area contributed by atoms with Crippen LogP contribution in [-0.4, -0.2) is 40.8 Å². The number of hydrogen-bond acceptors (Lipinski definition) is 4. The first kappa shape index (κ1) is 26.7. The second kappa shape index (κ2) is 11.9. The minimum absolute atomic E-state index is 0.232. The number of anilines is 1. The fourth-order valence-corrected chi connectivity index (χ4v) is 4.92. The van der Waals surface area contributed by atoms with Gasteiger partial charge >= 0.3 is 6.09 Å². The average Bonchev–Trinajstić information content (AvgIpc) is 3.29. The zero-order valence-corrected chi connectivity index (χ0v) is 22.5. The van der Waals surface area contributed by atoms with E-state index in [9.17, 15) is 14.4 Å². The molecule has 0 unspecified atom stereocenters. The molecule has 202 valence electrons. The zero-order chi connectivity index (χ0) is 28.1. The van der Waals surface area contributed by atoms with Crippen molar-refractivity contribution in [3.63, 3.8) is 0 Å². The summed E-state index contributed by atoms with van der Waals surface area (Å²) in [5.41, 5.74) is 4.57. The van der Waals surface area contributed by atoms with E-state index < -0.39 is 18.2 Å². The molecule has 3 amide bonds. The number of rotatable bonds is 8. The van der Waals surface area contributed by atoms with Gasteiger partial charge in [0.05, 0.1) is 6.54 Å². The largest absolute Gasteiger partial charge is 0.438 e. The Morgan fingerprint density at radius 3 is 2.23 bits per heavy atom. The van der Waals surface area contributed by atoms with Crippen molar-refractivity contribution in [1.82, 2.24) is 9.80 Å². The predicted octanol–water partition coefficient (Wildman–Crippen LogP) is 5.97. The van der Waals surface area contributed by atoms with Gasteiger partial charge in [0.15, 0.2) is 12.1 Å². The lowest BCUT2D eigenvalue weighted by atomic mass is 9.99. The lowest BCUT2D eigenvalue weighted by molar-refractivity contribution is -0.136. The van der Waals surface area contributed by atoms with Gasteiger partial charge in [-0.3, -0.25) is 14.5 Å². The molecule has 1 heterocycles. The molecule has 1 aliphatic rings. The summed E-state index contributed by atoms with van der Waals surface area (Å²) in [6, 6.07) is 32.8. The summed E-state index contributed by atoms with van der Waals surface area (Å²) in [6.45, 7) is 2.55. The second-order valence-electron chi connectivity index (χ2n) is 9.99. The van der Waals surface area contributed by atoms with Gasteiger partial charge in [-0.15, -0.1) is 0 Å². The van der Waals surface area contributed by atoms with E-state index in [2.05, 4.69) is 5.32 Å². The molecule has 5 rings (SSSR count). The minimum Gasteiger partial charge on any atom is -0.438 e. The summed E-state index contributed by atoms with van der Waals surface area (Å²) in [4.78, 5) is 43.1. The van der Waals surface area contributed by atoms with Gasteiger partial charge in [-0.05, 0) is 47.9 Å². The molecule has 7 heteroatoms. The molecule has 0 spiro atoms. The molecule has 7 nitrogen and oxygen atoms in total. The molecular formula is C33H31N3O4. The van der Waals surface area contributed by atoms with Crippen LogP contribution in [0.3, 0.4) is 0 Å². The number of nitrogens with zero attached hydrogens (tertiary/aromatic N) is 2. The van der Waals surface area contributed by atoms with Crippen LogP contribution in [0, 0.1) is 6.92 Å². The predicted molar refractivity (Wildman–Crippen MR) is 153 cm³/mol. The molecule has 0 aromatic heterocycles. The number of amides is 3. The molecular weight excluding hydrogens is 502 g/mol. The van der Waals surface area contributed by atoms with Gasteiger partial charge in [-0.25, -0.2) is 4.79 Å². The number of benzene rings is 4. The van der Waals surface area contributed by atoms with Crippen LogP contribution in [0.5, 0.6) is 0 Å². The molecule has 1 aliphatic heterocycles.